The Bertz CT molecular complexity index is 1380. The Hall–Kier alpha value is -4.18. The average molecular weight is 442 g/mol. The van der Waals surface area contributed by atoms with Gasteiger partial charge in [0.2, 0.25) is 0 Å². The molecule has 0 radical (unpaired) electrons. The van der Waals surface area contributed by atoms with Crippen molar-refractivity contribution in [3.8, 4) is 28.3 Å². The van der Waals surface area contributed by atoms with Crippen LogP contribution in [0, 0.1) is 0 Å². The molecule has 0 atom stereocenters. The Morgan fingerprint density at radius 3 is 2.52 bits per heavy atom. The van der Waals surface area contributed by atoms with Crippen molar-refractivity contribution in [1.82, 2.24) is 39.3 Å². The summed E-state index contributed by atoms with van der Waals surface area (Å²) < 4.78 is 14.2. The number of ether oxygens (including phenoxy) is 2. The van der Waals surface area contributed by atoms with E-state index in [1.807, 2.05) is 48.2 Å². The largest absolute Gasteiger partial charge is 0.488 e. The predicted octanol–water partition coefficient (Wildman–Crippen LogP) is 2.60. The molecule has 0 unspecified atom stereocenters. The topological polar surface area (TPSA) is 105 Å². The van der Waals surface area contributed by atoms with Gasteiger partial charge in [-0.05, 0) is 11.6 Å². The van der Waals surface area contributed by atoms with E-state index in [9.17, 15) is 0 Å². The number of aryl methyl sites for hydroxylation is 1. The summed E-state index contributed by atoms with van der Waals surface area (Å²) in [4.78, 5) is 13.3. The monoisotopic (exact) mass is 442 g/mol. The van der Waals surface area contributed by atoms with Crippen molar-refractivity contribution in [2.75, 3.05) is 20.3 Å². The molecular formula is C23H22N8O2. The van der Waals surface area contributed by atoms with Crippen LogP contribution in [0.5, 0.6) is 5.75 Å². The van der Waals surface area contributed by atoms with Crippen LogP contribution in [0.1, 0.15) is 11.4 Å². The molecule has 0 amide bonds. The third-order valence-electron chi connectivity index (χ3n) is 5.11. The molecule has 0 saturated heterocycles. The Morgan fingerprint density at radius 1 is 0.879 bits per heavy atom. The molecule has 10 nitrogen and oxygen atoms in total. The SMILES string of the molecule is COCCOc1cnc(-c2cccc(Cc3nnc4ncc(-c5cnn(C)c5)cn34)c2)nc1. The summed E-state index contributed by atoms with van der Waals surface area (Å²) in [5.41, 5.74) is 3.92. The Kier molecular flexibility index (Phi) is 5.73. The van der Waals surface area contributed by atoms with Gasteiger partial charge in [-0.25, -0.2) is 15.0 Å². The minimum Gasteiger partial charge on any atom is -0.488 e. The van der Waals surface area contributed by atoms with Crippen LogP contribution in [0.4, 0.5) is 0 Å². The van der Waals surface area contributed by atoms with Gasteiger partial charge in [-0.2, -0.15) is 5.10 Å². The molecule has 0 spiro atoms. The van der Waals surface area contributed by atoms with E-state index in [0.29, 0.717) is 37.0 Å². The Morgan fingerprint density at radius 2 is 1.73 bits per heavy atom. The van der Waals surface area contributed by atoms with Gasteiger partial charge in [0.25, 0.3) is 5.78 Å². The second-order valence-corrected chi connectivity index (χ2v) is 7.49. The lowest BCUT2D eigenvalue weighted by atomic mass is 10.1. The van der Waals surface area contributed by atoms with Gasteiger partial charge >= 0.3 is 0 Å². The molecule has 10 heteroatoms. The molecule has 0 aliphatic heterocycles. The molecule has 0 aliphatic carbocycles. The number of rotatable bonds is 8. The quantitative estimate of drug-likeness (QED) is 0.338. The first-order valence-electron chi connectivity index (χ1n) is 10.4. The second-order valence-electron chi connectivity index (χ2n) is 7.49. The number of methoxy groups -OCH3 is 1. The fourth-order valence-corrected chi connectivity index (χ4v) is 3.46. The van der Waals surface area contributed by atoms with E-state index in [1.165, 1.54) is 0 Å². The van der Waals surface area contributed by atoms with Gasteiger partial charge in [-0.15, -0.1) is 10.2 Å². The van der Waals surface area contributed by atoms with Crippen LogP contribution in [-0.4, -0.2) is 59.7 Å². The zero-order chi connectivity index (χ0) is 22.6. The van der Waals surface area contributed by atoms with Crippen LogP contribution >= 0.6 is 0 Å². The number of fused-ring (bicyclic) bond motifs is 1. The highest BCUT2D eigenvalue weighted by Gasteiger charge is 2.11. The number of benzene rings is 1. The molecule has 0 bridgehead atoms. The zero-order valence-corrected chi connectivity index (χ0v) is 18.3. The molecule has 166 valence electrons. The standard InChI is InChI=1S/C23H22N8O2/c1-30-14-19(11-27-30)18-10-26-23-29-28-21(31(23)15-18)9-16-4-3-5-17(8-16)22-24-12-20(13-25-22)33-7-6-32-2/h3-5,8,10-15H,6-7,9H2,1-2H3. The number of aromatic nitrogens is 8. The minimum atomic E-state index is 0.457. The highest BCUT2D eigenvalue weighted by Crippen LogP contribution is 2.21. The highest BCUT2D eigenvalue weighted by molar-refractivity contribution is 5.61. The van der Waals surface area contributed by atoms with Gasteiger partial charge in [0.1, 0.15) is 12.4 Å². The third-order valence-corrected chi connectivity index (χ3v) is 5.11. The Labute approximate surface area is 189 Å². The summed E-state index contributed by atoms with van der Waals surface area (Å²) in [5, 5.41) is 12.8. The lowest BCUT2D eigenvalue weighted by Crippen LogP contribution is -2.05. The molecule has 0 aliphatic rings. The van der Waals surface area contributed by atoms with Crippen molar-refractivity contribution in [3.05, 3.63) is 72.8 Å². The number of hydrogen-bond acceptors (Lipinski definition) is 8. The lowest BCUT2D eigenvalue weighted by molar-refractivity contribution is 0.146. The van der Waals surface area contributed by atoms with Crippen molar-refractivity contribution in [2.24, 2.45) is 7.05 Å². The molecule has 1 aromatic carbocycles. The van der Waals surface area contributed by atoms with Gasteiger partial charge in [0.15, 0.2) is 11.6 Å². The normalized spacial score (nSPS) is 11.2. The van der Waals surface area contributed by atoms with Crippen LogP contribution in [0.2, 0.25) is 0 Å². The minimum absolute atomic E-state index is 0.457. The molecule has 33 heavy (non-hydrogen) atoms. The fourth-order valence-electron chi connectivity index (χ4n) is 3.46. The third kappa shape index (κ3) is 4.55. The van der Waals surface area contributed by atoms with Crippen LogP contribution < -0.4 is 4.74 Å². The summed E-state index contributed by atoms with van der Waals surface area (Å²) in [6, 6.07) is 8.07. The van der Waals surface area contributed by atoms with Crippen molar-refractivity contribution >= 4 is 5.78 Å². The number of nitrogens with zero attached hydrogens (tertiary/aromatic N) is 8. The Balaban J connectivity index is 1.37. The van der Waals surface area contributed by atoms with Gasteiger partial charge in [-0.3, -0.25) is 9.08 Å². The van der Waals surface area contributed by atoms with E-state index in [1.54, 1.807) is 30.4 Å². The summed E-state index contributed by atoms with van der Waals surface area (Å²) in [7, 11) is 3.52. The molecule has 4 aromatic heterocycles. The van der Waals surface area contributed by atoms with E-state index in [2.05, 4.69) is 36.3 Å². The van der Waals surface area contributed by atoms with E-state index < -0.39 is 0 Å². The van der Waals surface area contributed by atoms with Crippen molar-refractivity contribution < 1.29 is 9.47 Å². The van der Waals surface area contributed by atoms with Gasteiger partial charge < -0.3 is 9.47 Å². The molecule has 5 aromatic rings. The van der Waals surface area contributed by atoms with Crippen molar-refractivity contribution in [2.45, 2.75) is 6.42 Å². The van der Waals surface area contributed by atoms with Crippen LogP contribution in [0.15, 0.2) is 61.4 Å². The first-order valence-corrected chi connectivity index (χ1v) is 10.4. The van der Waals surface area contributed by atoms with Gasteiger partial charge in [0, 0.05) is 55.9 Å². The summed E-state index contributed by atoms with van der Waals surface area (Å²) in [6.07, 6.45) is 11.5. The zero-order valence-electron chi connectivity index (χ0n) is 18.3. The second kappa shape index (κ2) is 9.13. The molecular weight excluding hydrogens is 420 g/mol. The van der Waals surface area contributed by atoms with E-state index in [0.717, 1.165) is 28.1 Å². The maximum Gasteiger partial charge on any atom is 0.254 e. The van der Waals surface area contributed by atoms with Crippen LogP contribution in [-0.2, 0) is 18.2 Å². The molecule has 0 fully saturated rings. The van der Waals surface area contributed by atoms with E-state index >= 15 is 0 Å². The molecule has 4 heterocycles. The summed E-state index contributed by atoms with van der Waals surface area (Å²) >= 11 is 0. The van der Waals surface area contributed by atoms with Gasteiger partial charge in [-0.1, -0.05) is 18.2 Å². The highest BCUT2D eigenvalue weighted by atomic mass is 16.5. The van der Waals surface area contributed by atoms with E-state index in [-0.39, 0.29) is 0 Å². The van der Waals surface area contributed by atoms with Crippen molar-refractivity contribution in [3.63, 3.8) is 0 Å². The molecule has 0 saturated carbocycles. The van der Waals surface area contributed by atoms with Crippen LogP contribution in [0.25, 0.3) is 28.3 Å². The molecule has 5 rings (SSSR count). The first kappa shape index (κ1) is 20.7. The smallest absolute Gasteiger partial charge is 0.254 e. The van der Waals surface area contributed by atoms with Crippen molar-refractivity contribution in [1.29, 1.82) is 0 Å². The van der Waals surface area contributed by atoms with Gasteiger partial charge in [0.05, 0.1) is 25.2 Å². The average Bonchev–Trinajstić information content (AvgIpc) is 3.46. The molecule has 0 N–H and O–H groups in total. The predicted molar refractivity (Wildman–Crippen MR) is 121 cm³/mol. The maximum absolute atomic E-state index is 5.54. The summed E-state index contributed by atoms with van der Waals surface area (Å²) in [6.45, 7) is 0.971. The maximum atomic E-state index is 5.54. The lowest BCUT2D eigenvalue weighted by Gasteiger charge is -2.07. The fraction of sp³-hybridized carbons (Fsp3) is 0.217. The van der Waals surface area contributed by atoms with E-state index in [4.69, 9.17) is 9.47 Å². The first-order chi connectivity index (χ1) is 16.2. The number of hydrogen-bond donors (Lipinski definition) is 0. The van der Waals surface area contributed by atoms with Crippen LogP contribution in [0.3, 0.4) is 0 Å². The summed E-state index contributed by atoms with van der Waals surface area (Å²) in [5.74, 6) is 2.59.